The predicted molar refractivity (Wildman–Crippen MR) is 79.0 cm³/mol. The van der Waals surface area contributed by atoms with E-state index in [0.29, 0.717) is 0 Å². The topological polar surface area (TPSA) is 24.9 Å². The van der Waals surface area contributed by atoms with Gasteiger partial charge in [-0.3, -0.25) is 4.98 Å². The second kappa shape index (κ2) is 6.15. The van der Waals surface area contributed by atoms with Gasteiger partial charge >= 0.3 is 6.18 Å². The van der Waals surface area contributed by atoms with E-state index in [1.807, 2.05) is 19.1 Å². The Labute approximate surface area is 129 Å². The molecule has 1 aromatic carbocycles. The zero-order valence-corrected chi connectivity index (χ0v) is 13.1. The molecule has 2 aromatic rings. The molecule has 0 aliphatic carbocycles. The number of aromatic nitrogens is 1. The number of rotatable bonds is 3. The van der Waals surface area contributed by atoms with Crippen molar-refractivity contribution < 1.29 is 13.2 Å². The van der Waals surface area contributed by atoms with Crippen molar-refractivity contribution in [2.45, 2.75) is 19.1 Å². The van der Waals surface area contributed by atoms with Crippen LogP contribution in [0.15, 0.2) is 41.1 Å². The first-order chi connectivity index (χ1) is 9.86. The lowest BCUT2D eigenvalue weighted by atomic mass is 9.93. The van der Waals surface area contributed by atoms with Crippen LogP contribution in [0, 0.1) is 6.92 Å². The first-order valence-electron chi connectivity index (χ1n) is 6.29. The molecule has 1 heterocycles. The van der Waals surface area contributed by atoms with Crippen LogP contribution < -0.4 is 5.32 Å². The normalized spacial score (nSPS) is 13.2. The first-order valence-corrected chi connectivity index (χ1v) is 7.09. The van der Waals surface area contributed by atoms with Gasteiger partial charge in [-0.25, -0.2) is 0 Å². The van der Waals surface area contributed by atoms with Crippen LogP contribution in [0.2, 0.25) is 0 Å². The molecule has 0 bridgehead atoms. The minimum atomic E-state index is -4.41. The lowest BCUT2D eigenvalue weighted by Gasteiger charge is -2.23. The Kier molecular flexibility index (Phi) is 4.68. The molecule has 1 aromatic heterocycles. The second-order valence-corrected chi connectivity index (χ2v) is 5.49. The van der Waals surface area contributed by atoms with Crippen molar-refractivity contribution in [2.24, 2.45) is 0 Å². The minimum Gasteiger partial charge on any atom is -0.309 e. The van der Waals surface area contributed by atoms with Gasteiger partial charge in [0.25, 0.3) is 0 Å². The molecule has 0 radical (unpaired) electrons. The summed E-state index contributed by atoms with van der Waals surface area (Å²) in [5, 5.41) is 2.95. The fraction of sp³-hybridized carbons (Fsp3) is 0.267. The van der Waals surface area contributed by atoms with Crippen molar-refractivity contribution >= 4 is 15.9 Å². The Morgan fingerprint density at radius 1 is 1.19 bits per heavy atom. The lowest BCUT2D eigenvalue weighted by molar-refractivity contribution is -0.138. The van der Waals surface area contributed by atoms with Crippen LogP contribution >= 0.6 is 15.9 Å². The van der Waals surface area contributed by atoms with E-state index in [1.165, 1.54) is 6.20 Å². The second-order valence-electron chi connectivity index (χ2n) is 4.64. The number of alkyl halides is 3. The Morgan fingerprint density at radius 3 is 2.52 bits per heavy atom. The van der Waals surface area contributed by atoms with Crippen molar-refractivity contribution in [3.05, 3.63) is 63.4 Å². The van der Waals surface area contributed by atoms with Crippen molar-refractivity contribution in [2.75, 3.05) is 7.05 Å². The third-order valence-electron chi connectivity index (χ3n) is 3.38. The first kappa shape index (κ1) is 16.0. The van der Waals surface area contributed by atoms with E-state index in [2.05, 4.69) is 26.2 Å². The molecular weight excluding hydrogens is 345 g/mol. The SMILES string of the molecule is CNC(c1cnccc1C(F)(F)F)c1cccc(Br)c1C. The summed E-state index contributed by atoms with van der Waals surface area (Å²) in [5.41, 5.74) is 1.13. The van der Waals surface area contributed by atoms with Crippen LogP contribution in [-0.2, 0) is 6.18 Å². The highest BCUT2D eigenvalue weighted by Crippen LogP contribution is 2.37. The number of pyridine rings is 1. The maximum Gasteiger partial charge on any atom is 0.416 e. The molecule has 2 rings (SSSR count). The van der Waals surface area contributed by atoms with Crippen LogP contribution in [0.5, 0.6) is 0 Å². The van der Waals surface area contributed by atoms with E-state index in [0.717, 1.165) is 27.9 Å². The van der Waals surface area contributed by atoms with Crippen LogP contribution in [0.3, 0.4) is 0 Å². The summed E-state index contributed by atoms with van der Waals surface area (Å²) in [6.45, 7) is 1.87. The molecule has 6 heteroatoms. The third kappa shape index (κ3) is 3.27. The molecule has 0 spiro atoms. The molecule has 21 heavy (non-hydrogen) atoms. The number of nitrogens with zero attached hydrogens (tertiary/aromatic N) is 1. The zero-order chi connectivity index (χ0) is 15.6. The summed E-state index contributed by atoms with van der Waals surface area (Å²) >= 11 is 3.41. The van der Waals surface area contributed by atoms with E-state index in [9.17, 15) is 13.2 Å². The van der Waals surface area contributed by atoms with E-state index >= 15 is 0 Å². The number of halogens is 4. The van der Waals surface area contributed by atoms with Gasteiger partial charge in [0.15, 0.2) is 0 Å². The van der Waals surface area contributed by atoms with Crippen LogP contribution in [0.25, 0.3) is 0 Å². The molecule has 0 fully saturated rings. The van der Waals surface area contributed by atoms with Gasteiger partial charge in [-0.1, -0.05) is 28.1 Å². The molecule has 112 valence electrons. The average molecular weight is 359 g/mol. The molecule has 0 saturated heterocycles. The quantitative estimate of drug-likeness (QED) is 0.874. The Hall–Kier alpha value is -1.40. The predicted octanol–water partition coefficient (Wildman–Crippen LogP) is 4.48. The summed E-state index contributed by atoms with van der Waals surface area (Å²) in [6, 6.07) is 5.91. The molecule has 1 unspecified atom stereocenters. The fourth-order valence-electron chi connectivity index (χ4n) is 2.31. The van der Waals surface area contributed by atoms with E-state index in [-0.39, 0.29) is 5.56 Å². The summed E-state index contributed by atoms with van der Waals surface area (Å²) in [7, 11) is 1.64. The van der Waals surface area contributed by atoms with Crippen molar-refractivity contribution in [1.82, 2.24) is 10.3 Å². The lowest BCUT2D eigenvalue weighted by Crippen LogP contribution is -2.23. The Morgan fingerprint density at radius 2 is 1.90 bits per heavy atom. The van der Waals surface area contributed by atoms with Gasteiger partial charge in [-0.15, -0.1) is 0 Å². The van der Waals surface area contributed by atoms with Gasteiger partial charge in [-0.2, -0.15) is 13.2 Å². The molecule has 1 N–H and O–H groups in total. The maximum atomic E-state index is 13.2. The molecule has 1 atom stereocenters. The van der Waals surface area contributed by atoms with Gasteiger partial charge in [0.05, 0.1) is 11.6 Å². The number of nitrogens with one attached hydrogen (secondary N) is 1. The van der Waals surface area contributed by atoms with Gasteiger partial charge < -0.3 is 5.32 Å². The van der Waals surface area contributed by atoms with E-state index in [1.54, 1.807) is 13.1 Å². The van der Waals surface area contributed by atoms with Crippen LogP contribution in [-0.4, -0.2) is 12.0 Å². The largest absolute Gasteiger partial charge is 0.416 e. The number of hydrogen-bond donors (Lipinski definition) is 1. The highest BCUT2D eigenvalue weighted by atomic mass is 79.9. The molecule has 0 aliphatic rings. The molecule has 2 nitrogen and oxygen atoms in total. The van der Waals surface area contributed by atoms with E-state index in [4.69, 9.17) is 0 Å². The van der Waals surface area contributed by atoms with Crippen molar-refractivity contribution in [1.29, 1.82) is 0 Å². The van der Waals surface area contributed by atoms with Gasteiger partial charge in [0.2, 0.25) is 0 Å². The zero-order valence-electron chi connectivity index (χ0n) is 11.5. The highest BCUT2D eigenvalue weighted by molar-refractivity contribution is 9.10. The summed E-state index contributed by atoms with van der Waals surface area (Å²) in [6.07, 6.45) is -1.98. The van der Waals surface area contributed by atoms with Crippen LogP contribution in [0.1, 0.15) is 28.3 Å². The van der Waals surface area contributed by atoms with E-state index < -0.39 is 17.8 Å². The maximum absolute atomic E-state index is 13.2. The fourth-order valence-corrected chi connectivity index (χ4v) is 2.69. The smallest absolute Gasteiger partial charge is 0.309 e. The molecule has 0 saturated carbocycles. The molecule has 0 amide bonds. The summed E-state index contributed by atoms with van der Waals surface area (Å²) in [4.78, 5) is 3.85. The van der Waals surface area contributed by atoms with Crippen LogP contribution in [0.4, 0.5) is 13.2 Å². The summed E-state index contributed by atoms with van der Waals surface area (Å²) in [5.74, 6) is 0. The highest BCUT2D eigenvalue weighted by Gasteiger charge is 2.35. The Balaban J connectivity index is 2.60. The van der Waals surface area contributed by atoms with Gasteiger partial charge in [-0.05, 0) is 37.2 Å². The van der Waals surface area contributed by atoms with Gasteiger partial charge in [0, 0.05) is 22.4 Å². The molecular formula is C15H14BrF3N2. The standard InChI is InChI=1S/C15H14BrF3N2/c1-9-10(4-3-5-13(9)16)14(20-2)11-8-21-7-6-12(11)15(17,18)19/h3-8,14,20H,1-2H3. The number of benzene rings is 1. The minimum absolute atomic E-state index is 0.119. The third-order valence-corrected chi connectivity index (χ3v) is 4.24. The monoisotopic (exact) mass is 358 g/mol. The van der Waals surface area contributed by atoms with Crippen molar-refractivity contribution in [3.8, 4) is 0 Å². The summed E-state index contributed by atoms with van der Waals surface area (Å²) < 4.78 is 40.4. The Bertz CT molecular complexity index is 641. The van der Waals surface area contributed by atoms with Crippen molar-refractivity contribution in [3.63, 3.8) is 0 Å². The molecule has 0 aliphatic heterocycles. The van der Waals surface area contributed by atoms with Gasteiger partial charge in [0.1, 0.15) is 0 Å². The number of hydrogen-bond acceptors (Lipinski definition) is 2. The average Bonchev–Trinajstić information content (AvgIpc) is 2.44.